The van der Waals surface area contributed by atoms with E-state index in [9.17, 15) is 18.8 Å². The minimum Gasteiger partial charge on any atom is -0.452 e. The summed E-state index contributed by atoms with van der Waals surface area (Å²) in [6.07, 6.45) is 0. The summed E-state index contributed by atoms with van der Waals surface area (Å²) in [4.78, 5) is 35.7. The van der Waals surface area contributed by atoms with Gasteiger partial charge in [-0.3, -0.25) is 4.79 Å². The Morgan fingerprint density at radius 1 is 1.15 bits per heavy atom. The van der Waals surface area contributed by atoms with Gasteiger partial charge in [-0.25, -0.2) is 14.0 Å². The lowest BCUT2D eigenvalue weighted by Gasteiger charge is -2.08. The highest BCUT2D eigenvalue weighted by atomic mass is 35.5. The average molecular weight is 376 g/mol. The third-order valence-corrected chi connectivity index (χ3v) is 3.71. The molecule has 0 atom stereocenters. The lowest BCUT2D eigenvalue weighted by molar-refractivity contribution is -0.119. The highest BCUT2D eigenvalue weighted by Crippen LogP contribution is 2.22. The highest BCUT2D eigenvalue weighted by molar-refractivity contribution is 6.33. The summed E-state index contributed by atoms with van der Waals surface area (Å²) in [5.74, 6) is -2.25. The van der Waals surface area contributed by atoms with Crippen LogP contribution >= 0.6 is 11.6 Å². The van der Waals surface area contributed by atoms with Crippen LogP contribution in [0.1, 0.15) is 10.4 Å². The fourth-order valence-corrected chi connectivity index (χ4v) is 2.40. The zero-order valence-electron chi connectivity index (χ0n) is 13.1. The number of fused-ring (bicyclic) bond motifs is 1. The molecule has 2 aromatic carbocycles. The molecule has 0 bridgehead atoms. The van der Waals surface area contributed by atoms with Gasteiger partial charge in [-0.05, 0) is 30.3 Å². The molecule has 3 aromatic rings. The molecule has 0 aliphatic heterocycles. The molecule has 0 unspecified atom stereocenters. The molecular weight excluding hydrogens is 365 g/mol. The molecular formula is C18H11ClFNO5. The molecule has 1 N–H and O–H groups in total. The average Bonchev–Trinajstić information content (AvgIpc) is 2.61. The lowest BCUT2D eigenvalue weighted by atomic mass is 10.2. The van der Waals surface area contributed by atoms with E-state index in [4.69, 9.17) is 20.8 Å². The first-order valence-corrected chi connectivity index (χ1v) is 7.77. The Bertz CT molecular complexity index is 1060. The molecule has 26 heavy (non-hydrogen) atoms. The number of carbonyl (C=O) groups excluding carboxylic acids is 2. The number of halogens is 2. The summed E-state index contributed by atoms with van der Waals surface area (Å²) in [6, 6.07) is 11.4. The molecule has 0 fully saturated rings. The van der Waals surface area contributed by atoms with E-state index in [2.05, 4.69) is 5.32 Å². The van der Waals surface area contributed by atoms with Gasteiger partial charge in [0.1, 0.15) is 17.0 Å². The van der Waals surface area contributed by atoms with Gasteiger partial charge < -0.3 is 14.5 Å². The van der Waals surface area contributed by atoms with Crippen LogP contribution in [-0.2, 0) is 9.53 Å². The monoisotopic (exact) mass is 375 g/mol. The summed E-state index contributed by atoms with van der Waals surface area (Å²) < 4.78 is 22.8. The number of esters is 1. The molecule has 0 saturated carbocycles. The number of rotatable bonds is 4. The van der Waals surface area contributed by atoms with Gasteiger partial charge in [-0.1, -0.05) is 29.8 Å². The Balaban J connectivity index is 1.67. The Morgan fingerprint density at radius 3 is 2.69 bits per heavy atom. The van der Waals surface area contributed by atoms with Crippen molar-refractivity contribution >= 4 is 40.1 Å². The maximum atomic E-state index is 13.0. The molecule has 1 aromatic heterocycles. The fraction of sp³-hybridized carbons (Fsp3) is 0.0556. The number of para-hydroxylation sites is 1. The molecule has 0 aliphatic carbocycles. The molecule has 132 valence electrons. The van der Waals surface area contributed by atoms with Gasteiger partial charge in [0.25, 0.3) is 5.91 Å². The van der Waals surface area contributed by atoms with Crippen LogP contribution in [0.2, 0.25) is 5.02 Å². The van der Waals surface area contributed by atoms with Crippen LogP contribution in [-0.4, -0.2) is 18.5 Å². The Morgan fingerprint density at radius 2 is 1.92 bits per heavy atom. The van der Waals surface area contributed by atoms with E-state index in [1.165, 1.54) is 12.1 Å². The van der Waals surface area contributed by atoms with E-state index in [0.29, 0.717) is 11.0 Å². The van der Waals surface area contributed by atoms with Crippen LogP contribution in [0.25, 0.3) is 11.0 Å². The first kappa shape index (κ1) is 17.6. The molecule has 0 aliphatic rings. The third kappa shape index (κ3) is 3.89. The van der Waals surface area contributed by atoms with Crippen LogP contribution < -0.4 is 10.9 Å². The van der Waals surface area contributed by atoms with Crippen molar-refractivity contribution in [1.29, 1.82) is 0 Å². The van der Waals surface area contributed by atoms with E-state index in [0.717, 1.165) is 12.1 Å². The number of benzene rings is 2. The van der Waals surface area contributed by atoms with E-state index in [1.807, 2.05) is 0 Å². The Kier molecular flexibility index (Phi) is 4.99. The quantitative estimate of drug-likeness (QED) is 0.558. The number of ether oxygens (including phenoxy) is 1. The normalized spacial score (nSPS) is 10.5. The summed E-state index contributed by atoms with van der Waals surface area (Å²) in [6.45, 7) is -0.654. The minimum absolute atomic E-state index is 0.000139. The number of anilines is 1. The first-order chi connectivity index (χ1) is 12.4. The van der Waals surface area contributed by atoms with Gasteiger partial charge in [0.2, 0.25) is 0 Å². The predicted octanol–water partition coefficient (Wildman–Crippen LogP) is 3.38. The summed E-state index contributed by atoms with van der Waals surface area (Å²) in [7, 11) is 0. The Hall–Kier alpha value is -3.19. The van der Waals surface area contributed by atoms with Crippen LogP contribution in [0.4, 0.5) is 10.1 Å². The number of amides is 1. The zero-order chi connectivity index (χ0) is 18.7. The second kappa shape index (κ2) is 7.37. The van der Waals surface area contributed by atoms with E-state index in [1.54, 1.807) is 24.3 Å². The molecule has 3 rings (SSSR count). The maximum absolute atomic E-state index is 13.0. The van der Waals surface area contributed by atoms with Crippen molar-refractivity contribution in [1.82, 2.24) is 0 Å². The number of nitrogens with one attached hydrogen (secondary N) is 1. The Labute approximate surface area is 151 Å². The van der Waals surface area contributed by atoms with Crippen molar-refractivity contribution in [3.63, 3.8) is 0 Å². The molecule has 0 radical (unpaired) electrons. The molecule has 0 saturated heterocycles. The molecule has 1 heterocycles. The first-order valence-electron chi connectivity index (χ1n) is 7.39. The van der Waals surface area contributed by atoms with Crippen LogP contribution in [0, 0.1) is 5.82 Å². The smallest absolute Gasteiger partial charge is 0.351 e. The number of carbonyl (C=O) groups is 2. The van der Waals surface area contributed by atoms with Crippen LogP contribution in [0.15, 0.2) is 57.7 Å². The van der Waals surface area contributed by atoms with Crippen molar-refractivity contribution in [2.45, 2.75) is 0 Å². The largest absolute Gasteiger partial charge is 0.452 e. The lowest BCUT2D eigenvalue weighted by Crippen LogP contribution is -2.23. The van der Waals surface area contributed by atoms with Gasteiger partial charge >= 0.3 is 11.6 Å². The molecule has 1 amide bonds. The maximum Gasteiger partial charge on any atom is 0.351 e. The van der Waals surface area contributed by atoms with Gasteiger partial charge in [-0.2, -0.15) is 0 Å². The predicted molar refractivity (Wildman–Crippen MR) is 92.8 cm³/mol. The molecule has 0 spiro atoms. The zero-order valence-corrected chi connectivity index (χ0v) is 13.9. The fourth-order valence-electron chi connectivity index (χ4n) is 2.19. The number of hydrogen-bond acceptors (Lipinski definition) is 5. The van der Waals surface area contributed by atoms with Gasteiger partial charge in [0.15, 0.2) is 6.61 Å². The SMILES string of the molecule is O=C(COC(=O)c1cc2ccccc2oc1=O)Nc1ccc(F)cc1Cl. The van der Waals surface area contributed by atoms with E-state index >= 15 is 0 Å². The van der Waals surface area contributed by atoms with Crippen molar-refractivity contribution in [2.24, 2.45) is 0 Å². The van der Waals surface area contributed by atoms with Gasteiger partial charge in [0.05, 0.1) is 10.7 Å². The number of hydrogen-bond donors (Lipinski definition) is 1. The topological polar surface area (TPSA) is 85.6 Å². The van der Waals surface area contributed by atoms with E-state index in [-0.39, 0.29) is 16.3 Å². The summed E-state index contributed by atoms with van der Waals surface area (Å²) in [5, 5.41) is 2.92. The van der Waals surface area contributed by atoms with Crippen LogP contribution in [0.3, 0.4) is 0 Å². The summed E-state index contributed by atoms with van der Waals surface area (Å²) in [5.41, 5.74) is -0.691. The highest BCUT2D eigenvalue weighted by Gasteiger charge is 2.17. The second-order valence-corrected chi connectivity index (χ2v) is 5.64. The third-order valence-electron chi connectivity index (χ3n) is 3.40. The van der Waals surface area contributed by atoms with Crippen molar-refractivity contribution in [3.05, 3.63) is 75.4 Å². The van der Waals surface area contributed by atoms with Crippen molar-refractivity contribution in [3.8, 4) is 0 Å². The minimum atomic E-state index is -0.996. The standard InChI is InChI=1S/C18H11ClFNO5/c19-13-8-11(20)5-6-14(13)21-16(22)9-25-17(23)12-7-10-3-1-2-4-15(10)26-18(12)24/h1-8H,9H2,(H,21,22). The summed E-state index contributed by atoms with van der Waals surface area (Å²) >= 11 is 5.79. The molecule has 6 nitrogen and oxygen atoms in total. The van der Waals surface area contributed by atoms with Gasteiger partial charge in [-0.15, -0.1) is 0 Å². The van der Waals surface area contributed by atoms with Gasteiger partial charge in [0, 0.05) is 5.39 Å². The van der Waals surface area contributed by atoms with E-state index < -0.39 is 29.9 Å². The van der Waals surface area contributed by atoms with Crippen molar-refractivity contribution < 1.29 is 23.1 Å². The molecule has 8 heteroatoms. The second-order valence-electron chi connectivity index (χ2n) is 5.23. The van der Waals surface area contributed by atoms with Crippen LogP contribution in [0.5, 0.6) is 0 Å². The van der Waals surface area contributed by atoms with Crippen molar-refractivity contribution in [2.75, 3.05) is 11.9 Å².